The van der Waals surface area contributed by atoms with E-state index in [4.69, 9.17) is 5.10 Å². The van der Waals surface area contributed by atoms with Gasteiger partial charge in [-0.2, -0.15) is 5.10 Å². The van der Waals surface area contributed by atoms with Gasteiger partial charge in [0.1, 0.15) is 0 Å². The lowest BCUT2D eigenvalue weighted by Gasteiger charge is -2.07. The number of aromatic nitrogens is 1. The van der Waals surface area contributed by atoms with Gasteiger partial charge in [0.25, 0.3) is 0 Å². The van der Waals surface area contributed by atoms with Crippen molar-refractivity contribution in [3.8, 4) is 11.3 Å². The summed E-state index contributed by atoms with van der Waals surface area (Å²) in [6.07, 6.45) is 1.94. The average molecular weight is 335 g/mol. The van der Waals surface area contributed by atoms with Crippen LogP contribution in [-0.4, -0.2) is 17.9 Å². The summed E-state index contributed by atoms with van der Waals surface area (Å²) in [5.74, 6) is 0. The van der Waals surface area contributed by atoms with Crippen LogP contribution < -0.4 is 4.80 Å². The van der Waals surface area contributed by atoms with Gasteiger partial charge in [0.15, 0.2) is 0 Å². The molecule has 0 saturated carbocycles. The highest BCUT2D eigenvalue weighted by atomic mass is 32.1. The number of rotatable bonds is 3. The van der Waals surface area contributed by atoms with Gasteiger partial charge < -0.3 is 0 Å². The molecule has 122 valence electrons. The third kappa shape index (κ3) is 3.24. The Bertz CT molecular complexity index is 924. The maximum Gasteiger partial charge on any atom is 0.205 e. The van der Waals surface area contributed by atoms with Crippen molar-refractivity contribution in [1.82, 2.24) is 4.68 Å². The van der Waals surface area contributed by atoms with Gasteiger partial charge in [-0.3, -0.25) is 4.99 Å². The first kappa shape index (κ1) is 16.4. The Morgan fingerprint density at radius 2 is 1.67 bits per heavy atom. The highest BCUT2D eigenvalue weighted by Gasteiger charge is 2.07. The molecular weight excluding hydrogens is 314 g/mol. The summed E-state index contributed by atoms with van der Waals surface area (Å²) in [5, 5.41) is 6.84. The molecule has 1 aromatic heterocycles. The lowest BCUT2D eigenvalue weighted by molar-refractivity contribution is 0.848. The molecule has 3 rings (SSSR count). The summed E-state index contributed by atoms with van der Waals surface area (Å²) >= 11 is 1.60. The molecule has 0 bridgehead atoms. The third-order valence-electron chi connectivity index (χ3n) is 3.99. The Hall–Kier alpha value is -2.46. The van der Waals surface area contributed by atoms with Crippen LogP contribution in [0.2, 0.25) is 0 Å². The van der Waals surface area contributed by atoms with Crippen molar-refractivity contribution in [2.75, 3.05) is 7.05 Å². The van der Waals surface area contributed by atoms with Crippen LogP contribution in [0.1, 0.15) is 22.3 Å². The van der Waals surface area contributed by atoms with E-state index < -0.39 is 0 Å². The van der Waals surface area contributed by atoms with Crippen LogP contribution in [0.3, 0.4) is 0 Å². The van der Waals surface area contributed by atoms with E-state index in [1.165, 1.54) is 22.3 Å². The van der Waals surface area contributed by atoms with Gasteiger partial charge in [0.2, 0.25) is 4.80 Å². The number of benzene rings is 2. The summed E-state index contributed by atoms with van der Waals surface area (Å²) in [6, 6.07) is 14.7. The van der Waals surface area contributed by atoms with Crippen molar-refractivity contribution in [2.24, 2.45) is 10.1 Å². The van der Waals surface area contributed by atoms with Crippen LogP contribution in [0.4, 0.5) is 0 Å². The van der Waals surface area contributed by atoms with Gasteiger partial charge in [-0.25, -0.2) is 4.68 Å². The molecule has 1 heterocycles. The number of hydrogen-bond acceptors (Lipinski definition) is 3. The summed E-state index contributed by atoms with van der Waals surface area (Å²) in [7, 11) is 1.80. The van der Waals surface area contributed by atoms with E-state index in [1.807, 2.05) is 29.1 Å². The maximum absolute atomic E-state index is 4.74. The Morgan fingerprint density at radius 1 is 1.00 bits per heavy atom. The second-order valence-electron chi connectivity index (χ2n) is 5.86. The molecule has 0 fully saturated rings. The second-order valence-corrected chi connectivity index (χ2v) is 6.70. The molecule has 0 spiro atoms. The minimum atomic E-state index is 0.882. The van der Waals surface area contributed by atoms with Crippen LogP contribution in [0, 0.1) is 20.8 Å². The summed E-state index contributed by atoms with van der Waals surface area (Å²) in [6.45, 7) is 6.38. The molecule has 3 aromatic rings. The molecule has 0 saturated heterocycles. The van der Waals surface area contributed by atoms with E-state index >= 15 is 0 Å². The molecule has 0 N–H and O–H groups in total. The topological polar surface area (TPSA) is 29.6 Å². The zero-order valence-electron chi connectivity index (χ0n) is 14.4. The Kier molecular flexibility index (Phi) is 4.76. The lowest BCUT2D eigenvalue weighted by atomic mass is 10.0. The van der Waals surface area contributed by atoms with Crippen molar-refractivity contribution in [2.45, 2.75) is 20.8 Å². The minimum absolute atomic E-state index is 0.882. The number of nitrogens with zero attached hydrogens (tertiary/aromatic N) is 3. The first-order valence-corrected chi connectivity index (χ1v) is 8.79. The fraction of sp³-hybridized carbons (Fsp3) is 0.200. The smallest absolute Gasteiger partial charge is 0.205 e. The van der Waals surface area contributed by atoms with Gasteiger partial charge in [-0.15, -0.1) is 11.3 Å². The van der Waals surface area contributed by atoms with Gasteiger partial charge in [-0.1, -0.05) is 48.0 Å². The molecule has 2 aromatic carbocycles. The van der Waals surface area contributed by atoms with E-state index in [1.54, 1.807) is 18.4 Å². The van der Waals surface area contributed by atoms with Crippen LogP contribution in [0.5, 0.6) is 0 Å². The SMILES string of the molecule is CN=c1scc(-c2ccccc2)n1N=Cc1c(C)cc(C)cc1C. The predicted molar refractivity (Wildman–Crippen MR) is 103 cm³/mol. The normalized spacial score (nSPS) is 12.2. The first-order chi connectivity index (χ1) is 11.6. The zero-order valence-corrected chi connectivity index (χ0v) is 15.3. The first-order valence-electron chi connectivity index (χ1n) is 7.91. The molecular formula is C20H21N3S. The van der Waals surface area contributed by atoms with Crippen LogP contribution in [-0.2, 0) is 0 Å². The quantitative estimate of drug-likeness (QED) is 0.628. The molecule has 0 atom stereocenters. The fourth-order valence-corrected chi connectivity index (χ4v) is 3.68. The van der Waals surface area contributed by atoms with E-state index in [9.17, 15) is 0 Å². The number of thiazole rings is 1. The van der Waals surface area contributed by atoms with Crippen LogP contribution in [0.25, 0.3) is 11.3 Å². The minimum Gasteiger partial charge on any atom is -0.261 e. The molecule has 0 radical (unpaired) electrons. The zero-order chi connectivity index (χ0) is 17.1. The number of aryl methyl sites for hydroxylation is 3. The van der Waals surface area contributed by atoms with Crippen molar-refractivity contribution in [3.05, 3.63) is 74.9 Å². The standard InChI is InChI=1S/C20H21N3S/c1-14-10-15(2)18(16(3)11-14)12-22-23-19(13-24-20(23)21-4)17-8-6-5-7-9-17/h5-13H,1-4H3. The van der Waals surface area contributed by atoms with E-state index in [0.29, 0.717) is 0 Å². The van der Waals surface area contributed by atoms with E-state index in [-0.39, 0.29) is 0 Å². The Balaban J connectivity index is 2.10. The van der Waals surface area contributed by atoms with Gasteiger partial charge >= 0.3 is 0 Å². The number of hydrogen-bond donors (Lipinski definition) is 0. The predicted octanol–water partition coefficient (Wildman–Crippen LogP) is 4.55. The highest BCUT2D eigenvalue weighted by molar-refractivity contribution is 7.07. The van der Waals surface area contributed by atoms with Crippen molar-refractivity contribution >= 4 is 17.6 Å². The second kappa shape index (κ2) is 6.97. The fourth-order valence-electron chi connectivity index (χ4n) is 2.88. The van der Waals surface area contributed by atoms with Crippen LogP contribution >= 0.6 is 11.3 Å². The molecule has 24 heavy (non-hydrogen) atoms. The molecule has 3 nitrogen and oxygen atoms in total. The van der Waals surface area contributed by atoms with E-state index in [0.717, 1.165) is 16.1 Å². The van der Waals surface area contributed by atoms with Gasteiger partial charge in [0, 0.05) is 23.6 Å². The molecule has 0 amide bonds. The molecule has 4 heteroatoms. The summed E-state index contributed by atoms with van der Waals surface area (Å²) in [5.41, 5.74) is 7.12. The lowest BCUT2D eigenvalue weighted by Crippen LogP contribution is -2.11. The summed E-state index contributed by atoms with van der Waals surface area (Å²) in [4.78, 5) is 5.24. The largest absolute Gasteiger partial charge is 0.261 e. The van der Waals surface area contributed by atoms with Gasteiger partial charge in [-0.05, 0) is 31.9 Å². The summed E-state index contributed by atoms with van der Waals surface area (Å²) < 4.78 is 1.92. The van der Waals surface area contributed by atoms with Crippen LogP contribution in [0.15, 0.2) is 57.9 Å². The van der Waals surface area contributed by atoms with Crippen molar-refractivity contribution in [1.29, 1.82) is 0 Å². The van der Waals surface area contributed by atoms with Crippen molar-refractivity contribution in [3.63, 3.8) is 0 Å². The highest BCUT2D eigenvalue weighted by Crippen LogP contribution is 2.20. The third-order valence-corrected chi connectivity index (χ3v) is 4.89. The Labute approximate surface area is 146 Å². The van der Waals surface area contributed by atoms with Crippen molar-refractivity contribution < 1.29 is 0 Å². The average Bonchev–Trinajstić information content (AvgIpc) is 2.97. The molecule has 0 unspecified atom stereocenters. The molecule has 0 aliphatic heterocycles. The Morgan fingerprint density at radius 3 is 2.29 bits per heavy atom. The van der Waals surface area contributed by atoms with E-state index in [2.05, 4.69) is 55.4 Å². The monoisotopic (exact) mass is 335 g/mol. The maximum atomic E-state index is 4.74. The molecule has 0 aliphatic carbocycles. The van der Waals surface area contributed by atoms with Gasteiger partial charge in [0.05, 0.1) is 11.9 Å². The molecule has 0 aliphatic rings.